The SMILES string of the molecule is CCCN(CC1CC1)C(=O)CSc1nc2cc(Cl)ccc2c(=O)n1C[C@H]1CCCO1. The highest BCUT2D eigenvalue weighted by Crippen LogP contribution is 2.30. The molecule has 6 nitrogen and oxygen atoms in total. The second-order valence-corrected chi connectivity index (χ2v) is 9.56. The first kappa shape index (κ1) is 21.7. The Bertz CT molecular complexity index is 970. The van der Waals surface area contributed by atoms with Crippen molar-refractivity contribution in [3.8, 4) is 0 Å². The Morgan fingerprint density at radius 1 is 1.37 bits per heavy atom. The summed E-state index contributed by atoms with van der Waals surface area (Å²) in [6.45, 7) is 4.90. The standard InChI is InChI=1S/C22H28ClN3O3S/c1-2-9-25(12-15-5-6-15)20(27)14-30-22-24-19-11-16(23)7-8-18(19)21(28)26(22)13-17-4-3-10-29-17/h7-8,11,15,17H,2-6,9-10,12-14H2,1H3/t17-/m1/s1. The van der Waals surface area contributed by atoms with Crippen LogP contribution < -0.4 is 5.56 Å². The van der Waals surface area contributed by atoms with Crippen LogP contribution in [-0.2, 0) is 16.1 Å². The monoisotopic (exact) mass is 449 g/mol. The van der Waals surface area contributed by atoms with Crippen molar-refractivity contribution in [1.29, 1.82) is 0 Å². The Balaban J connectivity index is 1.58. The van der Waals surface area contributed by atoms with Crippen LogP contribution >= 0.6 is 23.4 Å². The Morgan fingerprint density at radius 3 is 2.90 bits per heavy atom. The zero-order valence-corrected chi connectivity index (χ0v) is 18.9. The van der Waals surface area contributed by atoms with Crippen LogP contribution in [0.15, 0.2) is 28.2 Å². The summed E-state index contributed by atoms with van der Waals surface area (Å²) in [6.07, 6.45) is 5.32. The van der Waals surface area contributed by atoms with Crippen LogP contribution in [-0.4, -0.2) is 51.9 Å². The van der Waals surface area contributed by atoms with Crippen LogP contribution in [0.3, 0.4) is 0 Å². The average molecular weight is 450 g/mol. The van der Waals surface area contributed by atoms with E-state index in [0.29, 0.717) is 33.5 Å². The fraction of sp³-hybridized carbons (Fsp3) is 0.591. The molecule has 1 aromatic heterocycles. The zero-order chi connectivity index (χ0) is 21.1. The third kappa shape index (κ3) is 5.18. The highest BCUT2D eigenvalue weighted by molar-refractivity contribution is 7.99. The van der Waals surface area contributed by atoms with Gasteiger partial charge in [0.15, 0.2) is 5.16 Å². The fourth-order valence-corrected chi connectivity index (χ4v) is 4.93. The van der Waals surface area contributed by atoms with Crippen molar-refractivity contribution in [1.82, 2.24) is 14.5 Å². The van der Waals surface area contributed by atoms with E-state index in [4.69, 9.17) is 21.3 Å². The maximum atomic E-state index is 13.2. The van der Waals surface area contributed by atoms with Crippen LogP contribution in [0.25, 0.3) is 10.9 Å². The van der Waals surface area contributed by atoms with Crippen LogP contribution in [0.5, 0.6) is 0 Å². The van der Waals surface area contributed by atoms with Crippen molar-refractivity contribution >= 4 is 40.2 Å². The molecular weight excluding hydrogens is 422 g/mol. The van der Waals surface area contributed by atoms with E-state index in [1.165, 1.54) is 24.6 Å². The molecule has 1 saturated heterocycles. The molecular formula is C22H28ClN3O3S. The van der Waals surface area contributed by atoms with Gasteiger partial charge in [0, 0.05) is 24.7 Å². The molecule has 2 fully saturated rings. The summed E-state index contributed by atoms with van der Waals surface area (Å²) in [5.74, 6) is 1.04. The largest absolute Gasteiger partial charge is 0.376 e. The summed E-state index contributed by atoms with van der Waals surface area (Å²) < 4.78 is 7.43. The summed E-state index contributed by atoms with van der Waals surface area (Å²) in [5.41, 5.74) is 0.458. The van der Waals surface area contributed by atoms with Crippen LogP contribution in [0, 0.1) is 5.92 Å². The highest BCUT2D eigenvalue weighted by Gasteiger charge is 2.27. The molecule has 0 N–H and O–H groups in total. The molecule has 2 aliphatic rings. The van der Waals surface area contributed by atoms with Crippen molar-refractivity contribution in [2.24, 2.45) is 5.92 Å². The number of benzene rings is 1. The quantitative estimate of drug-likeness (QED) is 0.428. The van der Waals surface area contributed by atoms with Gasteiger partial charge in [-0.1, -0.05) is 30.3 Å². The van der Waals surface area contributed by atoms with Gasteiger partial charge in [0.2, 0.25) is 5.91 Å². The van der Waals surface area contributed by atoms with Gasteiger partial charge in [0.25, 0.3) is 5.56 Å². The zero-order valence-electron chi connectivity index (χ0n) is 17.3. The van der Waals surface area contributed by atoms with E-state index in [9.17, 15) is 9.59 Å². The molecule has 1 amide bonds. The second kappa shape index (κ2) is 9.71. The number of carbonyl (C=O) groups is 1. The number of aromatic nitrogens is 2. The molecule has 1 atom stereocenters. The van der Waals surface area contributed by atoms with Crippen LogP contribution in [0.2, 0.25) is 5.02 Å². The lowest BCUT2D eigenvalue weighted by molar-refractivity contribution is -0.128. The van der Waals surface area contributed by atoms with Crippen LogP contribution in [0.4, 0.5) is 0 Å². The van der Waals surface area contributed by atoms with Crippen molar-refractivity contribution in [2.75, 3.05) is 25.4 Å². The Labute approximate surface area is 185 Å². The lowest BCUT2D eigenvalue weighted by Crippen LogP contribution is -2.35. The maximum Gasteiger partial charge on any atom is 0.262 e. The van der Waals surface area contributed by atoms with Gasteiger partial charge in [-0.15, -0.1) is 0 Å². The van der Waals surface area contributed by atoms with Gasteiger partial charge in [-0.3, -0.25) is 14.2 Å². The first-order valence-electron chi connectivity index (χ1n) is 10.8. The van der Waals surface area contributed by atoms with E-state index in [0.717, 1.165) is 39.0 Å². The van der Waals surface area contributed by atoms with E-state index < -0.39 is 0 Å². The minimum atomic E-state index is -0.106. The Morgan fingerprint density at radius 2 is 2.20 bits per heavy atom. The third-order valence-corrected chi connectivity index (χ3v) is 6.84. The van der Waals surface area contributed by atoms with Crippen molar-refractivity contribution in [2.45, 2.75) is 56.8 Å². The summed E-state index contributed by atoms with van der Waals surface area (Å²) in [6, 6.07) is 5.13. The van der Waals surface area contributed by atoms with Gasteiger partial charge < -0.3 is 9.64 Å². The normalized spacial score (nSPS) is 18.8. The first-order valence-corrected chi connectivity index (χ1v) is 12.1. The third-order valence-electron chi connectivity index (χ3n) is 5.64. The molecule has 0 spiro atoms. The molecule has 8 heteroatoms. The van der Waals surface area contributed by atoms with Gasteiger partial charge in [0.1, 0.15) is 0 Å². The molecule has 30 heavy (non-hydrogen) atoms. The topological polar surface area (TPSA) is 64.4 Å². The van der Waals surface area contributed by atoms with Gasteiger partial charge in [-0.25, -0.2) is 4.98 Å². The number of rotatable bonds is 9. The number of carbonyl (C=O) groups excluding carboxylic acids is 1. The molecule has 4 rings (SSSR count). The predicted octanol–water partition coefficient (Wildman–Crippen LogP) is 3.97. The van der Waals surface area contributed by atoms with Gasteiger partial charge >= 0.3 is 0 Å². The van der Waals surface area contributed by atoms with Crippen LogP contribution in [0.1, 0.15) is 39.0 Å². The molecule has 1 aromatic carbocycles. The van der Waals surface area contributed by atoms with Gasteiger partial charge in [0.05, 0.1) is 29.3 Å². The summed E-state index contributed by atoms with van der Waals surface area (Å²) >= 11 is 7.46. The molecule has 0 bridgehead atoms. The van der Waals surface area contributed by atoms with E-state index in [1.54, 1.807) is 22.8 Å². The number of fused-ring (bicyclic) bond motifs is 1. The minimum absolute atomic E-state index is 0.00996. The summed E-state index contributed by atoms with van der Waals surface area (Å²) in [5, 5.41) is 1.63. The molecule has 2 heterocycles. The van der Waals surface area contributed by atoms with E-state index >= 15 is 0 Å². The Hall–Kier alpha value is -1.57. The van der Waals surface area contributed by atoms with Crippen molar-refractivity contribution in [3.63, 3.8) is 0 Å². The molecule has 0 unspecified atom stereocenters. The number of ether oxygens (including phenoxy) is 1. The maximum absolute atomic E-state index is 13.2. The first-order chi connectivity index (χ1) is 14.5. The lowest BCUT2D eigenvalue weighted by Gasteiger charge is -2.22. The number of hydrogen-bond donors (Lipinski definition) is 0. The lowest BCUT2D eigenvalue weighted by atomic mass is 10.2. The smallest absolute Gasteiger partial charge is 0.262 e. The summed E-state index contributed by atoms with van der Waals surface area (Å²) in [7, 11) is 0. The van der Waals surface area contributed by atoms with E-state index in [-0.39, 0.29) is 23.3 Å². The van der Waals surface area contributed by atoms with Crippen molar-refractivity contribution in [3.05, 3.63) is 33.6 Å². The number of hydrogen-bond acceptors (Lipinski definition) is 5. The second-order valence-electron chi connectivity index (χ2n) is 8.18. The van der Waals surface area contributed by atoms with Gasteiger partial charge in [-0.2, -0.15) is 0 Å². The Kier molecular flexibility index (Phi) is 7.01. The molecule has 1 saturated carbocycles. The number of halogens is 1. The molecule has 1 aliphatic heterocycles. The van der Waals surface area contributed by atoms with Gasteiger partial charge in [-0.05, 0) is 56.2 Å². The number of thioether (sulfide) groups is 1. The molecule has 0 radical (unpaired) electrons. The highest BCUT2D eigenvalue weighted by atomic mass is 35.5. The summed E-state index contributed by atoms with van der Waals surface area (Å²) in [4.78, 5) is 32.7. The average Bonchev–Trinajstić information content (AvgIpc) is 3.40. The number of amides is 1. The van der Waals surface area contributed by atoms with E-state index in [1.807, 2.05) is 4.90 Å². The van der Waals surface area contributed by atoms with E-state index in [2.05, 4.69) is 6.92 Å². The predicted molar refractivity (Wildman–Crippen MR) is 120 cm³/mol. The molecule has 162 valence electrons. The minimum Gasteiger partial charge on any atom is -0.376 e. The van der Waals surface area contributed by atoms with Crippen molar-refractivity contribution < 1.29 is 9.53 Å². The molecule has 2 aromatic rings. The fourth-order valence-electron chi connectivity index (χ4n) is 3.85. The number of nitrogens with zero attached hydrogens (tertiary/aromatic N) is 3. The molecule has 1 aliphatic carbocycles.